The summed E-state index contributed by atoms with van der Waals surface area (Å²) in [5.41, 5.74) is 1.26. The van der Waals surface area contributed by atoms with Gasteiger partial charge in [-0.3, -0.25) is 0 Å². The van der Waals surface area contributed by atoms with Gasteiger partial charge in [0.1, 0.15) is 5.82 Å². The molecule has 1 aliphatic rings. The summed E-state index contributed by atoms with van der Waals surface area (Å²) in [6.07, 6.45) is 9.37. The van der Waals surface area contributed by atoms with Crippen LogP contribution < -0.4 is 0 Å². The molecule has 0 spiro atoms. The van der Waals surface area contributed by atoms with E-state index in [1.54, 1.807) is 6.07 Å². The molecule has 0 N–H and O–H groups in total. The van der Waals surface area contributed by atoms with Crippen LogP contribution in [0.2, 0.25) is 0 Å². The minimum absolute atomic E-state index is 0.221. The fourth-order valence-electron chi connectivity index (χ4n) is 5.56. The predicted molar refractivity (Wildman–Crippen MR) is 131 cm³/mol. The third-order valence-corrected chi connectivity index (χ3v) is 7.48. The second-order valence-electron chi connectivity index (χ2n) is 9.56. The fraction of sp³-hybridized carbons (Fsp3) is 0.552. The van der Waals surface area contributed by atoms with E-state index in [0.717, 1.165) is 64.5 Å². The molecule has 0 amide bonds. The smallest absolute Gasteiger partial charge is 0.128 e. The third kappa shape index (κ3) is 5.99. The van der Waals surface area contributed by atoms with E-state index in [1.807, 2.05) is 12.1 Å². The van der Waals surface area contributed by atoms with E-state index in [4.69, 9.17) is 0 Å². The Morgan fingerprint density at radius 3 is 2.38 bits per heavy atom. The van der Waals surface area contributed by atoms with Crippen LogP contribution in [0.3, 0.4) is 0 Å². The molecule has 2 atom stereocenters. The maximum absolute atomic E-state index is 15.0. The van der Waals surface area contributed by atoms with Gasteiger partial charge in [-0.05, 0) is 69.5 Å². The molecule has 0 radical (unpaired) electrons. The zero-order valence-corrected chi connectivity index (χ0v) is 19.9. The molecule has 2 unspecified atom stereocenters. The Balaban J connectivity index is 1.76. The summed E-state index contributed by atoms with van der Waals surface area (Å²) in [4.78, 5) is 2.55. The van der Waals surface area contributed by atoms with Crippen molar-refractivity contribution in [3.8, 4) is 6.07 Å². The van der Waals surface area contributed by atoms with Crippen molar-refractivity contribution in [2.45, 2.75) is 83.1 Å². The van der Waals surface area contributed by atoms with Crippen molar-refractivity contribution in [2.24, 2.45) is 5.92 Å². The van der Waals surface area contributed by atoms with Crippen LogP contribution in [-0.2, 0) is 11.8 Å². The molecule has 2 aromatic carbocycles. The first-order valence-electron chi connectivity index (χ1n) is 12.5. The van der Waals surface area contributed by atoms with E-state index >= 15 is 0 Å². The molecular formula is C29H39FN2. The van der Waals surface area contributed by atoms with Gasteiger partial charge in [0.25, 0.3) is 0 Å². The van der Waals surface area contributed by atoms with Crippen molar-refractivity contribution in [1.29, 1.82) is 5.26 Å². The molecule has 32 heavy (non-hydrogen) atoms. The highest BCUT2D eigenvalue weighted by atomic mass is 19.1. The zero-order valence-electron chi connectivity index (χ0n) is 19.9. The first-order chi connectivity index (χ1) is 15.6. The molecule has 1 aliphatic carbocycles. The summed E-state index contributed by atoms with van der Waals surface area (Å²) < 4.78 is 15.0. The first-order valence-corrected chi connectivity index (χ1v) is 12.5. The highest BCUT2D eigenvalue weighted by Crippen LogP contribution is 2.45. The number of hydrogen-bond donors (Lipinski definition) is 0. The van der Waals surface area contributed by atoms with Crippen LogP contribution in [0.1, 0.15) is 76.3 Å². The molecule has 172 valence electrons. The van der Waals surface area contributed by atoms with Crippen LogP contribution in [0, 0.1) is 23.1 Å². The van der Waals surface area contributed by atoms with Crippen LogP contribution in [0.4, 0.5) is 4.39 Å². The van der Waals surface area contributed by atoms with Crippen molar-refractivity contribution in [3.63, 3.8) is 0 Å². The number of rotatable bonds is 11. The molecule has 2 nitrogen and oxygen atoms in total. The van der Waals surface area contributed by atoms with Crippen molar-refractivity contribution >= 4 is 0 Å². The largest absolute Gasteiger partial charge is 0.300 e. The monoisotopic (exact) mass is 434 g/mol. The average Bonchev–Trinajstić information content (AvgIpc) is 2.84. The van der Waals surface area contributed by atoms with Crippen LogP contribution in [0.5, 0.6) is 0 Å². The van der Waals surface area contributed by atoms with E-state index in [0.29, 0.717) is 11.6 Å². The Hall–Kier alpha value is -2.18. The number of nitriles is 1. The number of benzene rings is 2. The fourth-order valence-corrected chi connectivity index (χ4v) is 5.56. The van der Waals surface area contributed by atoms with E-state index in [1.165, 1.54) is 18.1 Å². The van der Waals surface area contributed by atoms with Crippen molar-refractivity contribution < 1.29 is 4.39 Å². The lowest BCUT2D eigenvalue weighted by Gasteiger charge is -2.40. The number of nitrogens with zero attached hydrogens (tertiary/aromatic N) is 2. The molecule has 1 fully saturated rings. The SMILES string of the molecule is CCCN(CCc1ccccc1)C(C)CCC(C#N)(c1ccccc1F)C1CCCCC1. The third-order valence-electron chi connectivity index (χ3n) is 7.48. The van der Waals surface area contributed by atoms with Crippen LogP contribution in [0.25, 0.3) is 0 Å². The van der Waals surface area contributed by atoms with Gasteiger partial charge >= 0.3 is 0 Å². The average molecular weight is 435 g/mol. The van der Waals surface area contributed by atoms with Gasteiger partial charge in [0.2, 0.25) is 0 Å². The maximum atomic E-state index is 15.0. The quantitative estimate of drug-likeness (QED) is 0.371. The van der Waals surface area contributed by atoms with Gasteiger partial charge in [0.15, 0.2) is 0 Å². The highest BCUT2D eigenvalue weighted by Gasteiger charge is 2.43. The number of hydrogen-bond acceptors (Lipinski definition) is 2. The summed E-state index contributed by atoms with van der Waals surface area (Å²) in [6, 6.07) is 20.7. The maximum Gasteiger partial charge on any atom is 0.128 e. The Morgan fingerprint density at radius 1 is 1.03 bits per heavy atom. The Kier molecular flexibility index (Phi) is 9.30. The minimum atomic E-state index is -0.725. The number of halogens is 1. The molecule has 1 saturated carbocycles. The molecule has 0 bridgehead atoms. The predicted octanol–water partition coefficient (Wildman–Crippen LogP) is 7.29. The van der Waals surface area contributed by atoms with E-state index in [9.17, 15) is 9.65 Å². The van der Waals surface area contributed by atoms with Gasteiger partial charge < -0.3 is 4.90 Å². The van der Waals surface area contributed by atoms with Gasteiger partial charge in [-0.15, -0.1) is 0 Å². The summed E-state index contributed by atoms with van der Waals surface area (Å²) in [5.74, 6) is 0.0241. The molecule has 0 aromatic heterocycles. The van der Waals surface area contributed by atoms with E-state index in [2.05, 4.69) is 55.1 Å². The highest BCUT2D eigenvalue weighted by molar-refractivity contribution is 5.35. The lowest BCUT2D eigenvalue weighted by molar-refractivity contribution is 0.171. The normalized spacial score (nSPS) is 17.6. The van der Waals surface area contributed by atoms with Gasteiger partial charge in [0.05, 0.1) is 11.5 Å². The summed E-state index contributed by atoms with van der Waals surface area (Å²) in [5, 5.41) is 10.5. The summed E-state index contributed by atoms with van der Waals surface area (Å²) in [7, 11) is 0. The first kappa shape index (κ1) is 24.5. The molecule has 3 heteroatoms. The van der Waals surface area contributed by atoms with Crippen LogP contribution in [-0.4, -0.2) is 24.0 Å². The lowest BCUT2D eigenvalue weighted by atomic mass is 9.63. The minimum Gasteiger partial charge on any atom is -0.300 e. The molecule has 3 rings (SSSR count). The van der Waals surface area contributed by atoms with Gasteiger partial charge in [-0.2, -0.15) is 5.26 Å². The molecule has 2 aromatic rings. The molecule has 0 saturated heterocycles. The van der Waals surface area contributed by atoms with Crippen LogP contribution in [0.15, 0.2) is 54.6 Å². The summed E-state index contributed by atoms with van der Waals surface area (Å²) >= 11 is 0. The summed E-state index contributed by atoms with van der Waals surface area (Å²) in [6.45, 7) is 6.58. The van der Waals surface area contributed by atoms with Gasteiger partial charge in [0, 0.05) is 18.2 Å². The molecule has 0 aliphatic heterocycles. The molecular weight excluding hydrogens is 395 g/mol. The standard InChI is InChI=1S/C29H39FN2/c1-3-21-32(22-19-25-12-6-4-7-13-25)24(2)18-20-29(23-31,26-14-8-5-9-15-26)27-16-10-11-17-28(27)30/h4,6-7,10-13,16-17,24,26H,3,5,8-9,14-15,18-22H2,1-2H3. The Bertz CT molecular complexity index is 853. The van der Waals surface area contributed by atoms with Crippen molar-refractivity contribution in [1.82, 2.24) is 4.90 Å². The lowest BCUT2D eigenvalue weighted by Crippen LogP contribution is -2.40. The topological polar surface area (TPSA) is 27.0 Å². The van der Waals surface area contributed by atoms with E-state index < -0.39 is 5.41 Å². The van der Waals surface area contributed by atoms with Crippen LogP contribution >= 0.6 is 0 Å². The second kappa shape index (κ2) is 12.2. The van der Waals surface area contributed by atoms with Crippen molar-refractivity contribution in [2.75, 3.05) is 13.1 Å². The zero-order chi connectivity index (χ0) is 22.8. The Morgan fingerprint density at radius 2 is 1.72 bits per heavy atom. The Labute approximate surface area is 194 Å². The van der Waals surface area contributed by atoms with Gasteiger partial charge in [-0.1, -0.05) is 74.7 Å². The van der Waals surface area contributed by atoms with Crippen molar-refractivity contribution in [3.05, 3.63) is 71.5 Å². The molecule has 0 heterocycles. The van der Waals surface area contributed by atoms with Gasteiger partial charge in [-0.25, -0.2) is 4.39 Å². The van der Waals surface area contributed by atoms with E-state index in [-0.39, 0.29) is 11.7 Å². The second-order valence-corrected chi connectivity index (χ2v) is 9.56.